The van der Waals surface area contributed by atoms with Gasteiger partial charge in [-0.3, -0.25) is 4.79 Å². The highest BCUT2D eigenvalue weighted by molar-refractivity contribution is 6.31. The molecule has 6 nitrogen and oxygen atoms in total. The van der Waals surface area contributed by atoms with E-state index < -0.39 is 0 Å². The van der Waals surface area contributed by atoms with E-state index in [-0.39, 0.29) is 5.91 Å². The summed E-state index contributed by atoms with van der Waals surface area (Å²) in [4.78, 5) is 31.8. The van der Waals surface area contributed by atoms with Gasteiger partial charge >= 0.3 is 0 Å². The van der Waals surface area contributed by atoms with Gasteiger partial charge in [-0.05, 0) is 24.6 Å². The first-order valence-electron chi connectivity index (χ1n) is 8.27. The fourth-order valence-corrected chi connectivity index (χ4v) is 3.37. The number of amides is 1. The lowest BCUT2D eigenvalue weighted by molar-refractivity contribution is 0.0733. The first-order valence-corrected chi connectivity index (χ1v) is 8.65. The smallest absolute Gasteiger partial charge is 0.254 e. The standard InChI is InChI=1S/C19H16ClN5O/c1-12-14(3-2-4-16(12)20)19(26)25-6-5-17-15(9-25)18(24-11-23-17)13-7-21-10-22-8-13/h2-4,7-8,10-11H,5-6,9H2,1H3. The van der Waals surface area contributed by atoms with Crippen LogP contribution in [0.1, 0.15) is 27.2 Å². The minimum absolute atomic E-state index is 0.0326. The second-order valence-corrected chi connectivity index (χ2v) is 6.57. The molecule has 26 heavy (non-hydrogen) atoms. The molecule has 0 atom stereocenters. The number of nitrogens with zero attached hydrogens (tertiary/aromatic N) is 5. The van der Waals surface area contributed by atoms with E-state index >= 15 is 0 Å². The van der Waals surface area contributed by atoms with E-state index in [1.807, 2.05) is 17.9 Å². The van der Waals surface area contributed by atoms with E-state index in [1.54, 1.807) is 30.9 Å². The predicted octanol–water partition coefficient (Wildman–Crippen LogP) is 3.09. The second kappa shape index (κ2) is 6.80. The van der Waals surface area contributed by atoms with Crippen LogP contribution in [0.2, 0.25) is 5.02 Å². The van der Waals surface area contributed by atoms with Crippen LogP contribution in [-0.4, -0.2) is 37.3 Å². The molecule has 3 aromatic rings. The third kappa shape index (κ3) is 2.93. The van der Waals surface area contributed by atoms with Gasteiger partial charge in [0.1, 0.15) is 12.7 Å². The van der Waals surface area contributed by atoms with Crippen LogP contribution in [0.5, 0.6) is 0 Å². The third-order valence-corrected chi connectivity index (χ3v) is 5.03. The summed E-state index contributed by atoms with van der Waals surface area (Å²) in [6.45, 7) is 2.92. The van der Waals surface area contributed by atoms with Crippen LogP contribution in [0.25, 0.3) is 11.3 Å². The van der Waals surface area contributed by atoms with Crippen molar-refractivity contribution in [3.63, 3.8) is 0 Å². The number of halogens is 1. The molecule has 0 spiro atoms. The average Bonchev–Trinajstić information content (AvgIpc) is 2.69. The van der Waals surface area contributed by atoms with Crippen molar-refractivity contribution in [1.29, 1.82) is 0 Å². The van der Waals surface area contributed by atoms with Crippen molar-refractivity contribution < 1.29 is 4.79 Å². The number of fused-ring (bicyclic) bond motifs is 1. The molecule has 1 amide bonds. The molecular weight excluding hydrogens is 350 g/mol. The molecule has 1 aromatic carbocycles. The molecule has 0 aliphatic carbocycles. The van der Waals surface area contributed by atoms with E-state index in [4.69, 9.17) is 11.6 Å². The van der Waals surface area contributed by atoms with Gasteiger partial charge < -0.3 is 4.90 Å². The Kier molecular flexibility index (Phi) is 4.34. The fraction of sp³-hybridized carbons (Fsp3) is 0.211. The van der Waals surface area contributed by atoms with Gasteiger partial charge in [-0.2, -0.15) is 0 Å². The lowest BCUT2D eigenvalue weighted by Gasteiger charge is -2.29. The molecule has 4 rings (SSSR count). The van der Waals surface area contributed by atoms with Crippen LogP contribution in [0.15, 0.2) is 43.2 Å². The summed E-state index contributed by atoms with van der Waals surface area (Å²) in [5.41, 5.74) is 4.93. The van der Waals surface area contributed by atoms with Crippen LogP contribution < -0.4 is 0 Å². The highest BCUT2D eigenvalue weighted by Gasteiger charge is 2.26. The topological polar surface area (TPSA) is 71.9 Å². The van der Waals surface area contributed by atoms with E-state index in [0.717, 1.165) is 28.1 Å². The molecule has 1 aliphatic rings. The Labute approximate surface area is 155 Å². The Morgan fingerprint density at radius 3 is 2.77 bits per heavy atom. The Balaban J connectivity index is 1.70. The molecule has 0 fully saturated rings. The molecule has 130 valence electrons. The monoisotopic (exact) mass is 365 g/mol. The summed E-state index contributed by atoms with van der Waals surface area (Å²) in [7, 11) is 0. The van der Waals surface area contributed by atoms with Crippen molar-refractivity contribution in [2.45, 2.75) is 19.9 Å². The Morgan fingerprint density at radius 2 is 1.96 bits per heavy atom. The molecule has 2 aromatic heterocycles. The number of rotatable bonds is 2. The first-order chi connectivity index (χ1) is 12.6. The minimum atomic E-state index is -0.0326. The van der Waals surface area contributed by atoms with Gasteiger partial charge in [0.2, 0.25) is 0 Å². The van der Waals surface area contributed by atoms with Gasteiger partial charge in [-0.15, -0.1) is 0 Å². The summed E-state index contributed by atoms with van der Waals surface area (Å²) in [6, 6.07) is 5.41. The molecule has 7 heteroatoms. The van der Waals surface area contributed by atoms with E-state index in [9.17, 15) is 4.79 Å². The lowest BCUT2D eigenvalue weighted by atomic mass is 9.99. The maximum Gasteiger partial charge on any atom is 0.254 e. The first kappa shape index (κ1) is 16.6. The molecule has 0 radical (unpaired) electrons. The van der Waals surface area contributed by atoms with E-state index in [2.05, 4.69) is 19.9 Å². The number of aromatic nitrogens is 4. The minimum Gasteiger partial charge on any atom is -0.334 e. The molecule has 0 saturated carbocycles. The van der Waals surface area contributed by atoms with Crippen molar-refractivity contribution in [3.05, 3.63) is 70.7 Å². The van der Waals surface area contributed by atoms with Crippen LogP contribution in [0.3, 0.4) is 0 Å². The maximum absolute atomic E-state index is 13.0. The van der Waals surface area contributed by atoms with Crippen molar-refractivity contribution >= 4 is 17.5 Å². The Hall–Kier alpha value is -2.86. The van der Waals surface area contributed by atoms with Crippen LogP contribution in [0.4, 0.5) is 0 Å². The van der Waals surface area contributed by atoms with Crippen LogP contribution in [0, 0.1) is 6.92 Å². The van der Waals surface area contributed by atoms with Crippen LogP contribution in [-0.2, 0) is 13.0 Å². The van der Waals surface area contributed by atoms with Crippen molar-refractivity contribution in [2.24, 2.45) is 0 Å². The van der Waals surface area contributed by atoms with Gasteiger partial charge in [-0.1, -0.05) is 17.7 Å². The van der Waals surface area contributed by atoms with Crippen LogP contribution >= 0.6 is 11.6 Å². The van der Waals surface area contributed by atoms with Crippen molar-refractivity contribution in [3.8, 4) is 11.3 Å². The average molecular weight is 366 g/mol. The highest BCUT2D eigenvalue weighted by Crippen LogP contribution is 2.28. The van der Waals surface area contributed by atoms with Gasteiger partial charge in [0.05, 0.1) is 11.4 Å². The van der Waals surface area contributed by atoms with Gasteiger partial charge in [0, 0.05) is 53.6 Å². The summed E-state index contributed by atoms with van der Waals surface area (Å²) >= 11 is 6.18. The lowest BCUT2D eigenvalue weighted by Crippen LogP contribution is -2.37. The zero-order valence-electron chi connectivity index (χ0n) is 14.2. The quantitative estimate of drug-likeness (QED) is 0.697. The normalized spacial score (nSPS) is 13.4. The molecule has 0 N–H and O–H groups in total. The summed E-state index contributed by atoms with van der Waals surface area (Å²) in [5, 5.41) is 0.596. The summed E-state index contributed by atoms with van der Waals surface area (Å²) in [6.07, 6.45) is 7.16. The molecule has 1 aliphatic heterocycles. The van der Waals surface area contributed by atoms with E-state index in [1.165, 1.54) is 6.33 Å². The fourth-order valence-electron chi connectivity index (χ4n) is 3.19. The predicted molar refractivity (Wildman–Crippen MR) is 97.7 cm³/mol. The number of hydrogen-bond donors (Lipinski definition) is 0. The largest absolute Gasteiger partial charge is 0.334 e. The number of hydrogen-bond acceptors (Lipinski definition) is 5. The number of carbonyl (C=O) groups is 1. The van der Waals surface area contributed by atoms with Gasteiger partial charge in [-0.25, -0.2) is 19.9 Å². The third-order valence-electron chi connectivity index (χ3n) is 4.62. The molecule has 0 bridgehead atoms. The molecule has 0 saturated heterocycles. The zero-order chi connectivity index (χ0) is 18.1. The second-order valence-electron chi connectivity index (χ2n) is 6.16. The SMILES string of the molecule is Cc1c(Cl)cccc1C(=O)N1CCc2ncnc(-c3cncnc3)c2C1. The molecule has 0 unspecified atom stereocenters. The molecular formula is C19H16ClN5O. The van der Waals surface area contributed by atoms with Gasteiger partial charge in [0.15, 0.2) is 0 Å². The zero-order valence-corrected chi connectivity index (χ0v) is 14.9. The molecule has 3 heterocycles. The Morgan fingerprint density at radius 1 is 1.15 bits per heavy atom. The number of carbonyl (C=O) groups excluding carboxylic acids is 1. The van der Waals surface area contributed by atoms with Gasteiger partial charge in [0.25, 0.3) is 5.91 Å². The maximum atomic E-state index is 13.0. The van der Waals surface area contributed by atoms with Crippen molar-refractivity contribution in [1.82, 2.24) is 24.8 Å². The summed E-state index contributed by atoms with van der Waals surface area (Å²) in [5.74, 6) is -0.0326. The number of benzene rings is 1. The summed E-state index contributed by atoms with van der Waals surface area (Å²) < 4.78 is 0. The van der Waals surface area contributed by atoms with Crippen molar-refractivity contribution in [2.75, 3.05) is 6.54 Å². The highest BCUT2D eigenvalue weighted by atomic mass is 35.5. The Bertz CT molecular complexity index is 977. The van der Waals surface area contributed by atoms with E-state index in [0.29, 0.717) is 30.1 Å².